The molecule has 1 heterocycles. The SMILES string of the molecule is Cc1cccc(SC(C)C2=NCCN2)c1C.Cl. The molecule has 1 N–H and O–H groups in total. The molecule has 1 atom stereocenters. The van der Waals surface area contributed by atoms with Gasteiger partial charge in [0.2, 0.25) is 0 Å². The minimum Gasteiger partial charge on any atom is -0.371 e. The second kappa shape index (κ2) is 6.31. The minimum absolute atomic E-state index is 0. The van der Waals surface area contributed by atoms with Gasteiger partial charge in [-0.3, -0.25) is 4.99 Å². The van der Waals surface area contributed by atoms with Gasteiger partial charge in [-0.1, -0.05) is 12.1 Å². The molecule has 0 saturated carbocycles. The van der Waals surface area contributed by atoms with Gasteiger partial charge in [0.15, 0.2) is 0 Å². The Morgan fingerprint density at radius 2 is 2.12 bits per heavy atom. The predicted octanol–water partition coefficient (Wildman–Crippen LogP) is 3.21. The molecule has 0 spiro atoms. The molecule has 2 rings (SSSR count). The summed E-state index contributed by atoms with van der Waals surface area (Å²) in [5.74, 6) is 1.14. The van der Waals surface area contributed by atoms with Crippen LogP contribution in [0.15, 0.2) is 28.1 Å². The molecule has 1 aliphatic rings. The highest BCUT2D eigenvalue weighted by atomic mass is 35.5. The van der Waals surface area contributed by atoms with Gasteiger partial charge < -0.3 is 5.32 Å². The Morgan fingerprint density at radius 1 is 1.35 bits per heavy atom. The van der Waals surface area contributed by atoms with Crippen LogP contribution in [0.4, 0.5) is 0 Å². The number of hydrogen-bond acceptors (Lipinski definition) is 3. The lowest BCUT2D eigenvalue weighted by Crippen LogP contribution is -2.27. The number of amidine groups is 1. The Bertz CT molecular complexity index is 418. The predicted molar refractivity (Wildman–Crippen MR) is 78.8 cm³/mol. The van der Waals surface area contributed by atoms with Gasteiger partial charge in [-0.25, -0.2) is 0 Å². The van der Waals surface area contributed by atoms with E-state index in [9.17, 15) is 0 Å². The molecule has 0 aliphatic carbocycles. The molecule has 1 aromatic carbocycles. The average Bonchev–Trinajstić information content (AvgIpc) is 2.78. The summed E-state index contributed by atoms with van der Waals surface area (Å²) in [4.78, 5) is 5.83. The van der Waals surface area contributed by atoms with Crippen LogP contribution in [0.2, 0.25) is 0 Å². The highest BCUT2D eigenvalue weighted by Gasteiger charge is 2.15. The number of halogens is 1. The van der Waals surface area contributed by atoms with Crippen LogP contribution in [0, 0.1) is 13.8 Å². The van der Waals surface area contributed by atoms with Gasteiger partial charge in [0.05, 0.1) is 11.8 Å². The molecule has 94 valence electrons. The van der Waals surface area contributed by atoms with Gasteiger partial charge in [-0.05, 0) is 38.0 Å². The lowest BCUT2D eigenvalue weighted by atomic mass is 10.1. The normalized spacial score (nSPS) is 15.8. The number of benzene rings is 1. The minimum atomic E-state index is 0. The highest BCUT2D eigenvalue weighted by molar-refractivity contribution is 8.00. The molecule has 0 bridgehead atoms. The van der Waals surface area contributed by atoms with Gasteiger partial charge >= 0.3 is 0 Å². The van der Waals surface area contributed by atoms with Crippen molar-refractivity contribution in [2.75, 3.05) is 13.1 Å². The molecule has 4 heteroatoms. The van der Waals surface area contributed by atoms with Crippen LogP contribution in [0.1, 0.15) is 18.1 Å². The van der Waals surface area contributed by atoms with Crippen molar-refractivity contribution in [3.63, 3.8) is 0 Å². The fraction of sp³-hybridized carbons (Fsp3) is 0.462. The van der Waals surface area contributed by atoms with E-state index in [2.05, 4.69) is 49.3 Å². The van der Waals surface area contributed by atoms with Gasteiger partial charge in [0.1, 0.15) is 5.84 Å². The molecule has 1 aliphatic heterocycles. The smallest absolute Gasteiger partial charge is 0.110 e. The van der Waals surface area contributed by atoms with Crippen LogP contribution in [0.5, 0.6) is 0 Å². The number of nitrogens with zero attached hydrogens (tertiary/aromatic N) is 1. The standard InChI is InChI=1S/C13H18N2S.ClH/c1-9-5-4-6-12(10(9)2)16-11(3)13-14-7-8-15-13;/h4-6,11H,7-8H2,1-3H3,(H,14,15);1H. The van der Waals surface area contributed by atoms with Crippen molar-refractivity contribution in [1.29, 1.82) is 0 Å². The molecule has 2 nitrogen and oxygen atoms in total. The Morgan fingerprint density at radius 3 is 2.76 bits per heavy atom. The third-order valence-electron chi connectivity index (χ3n) is 2.94. The lowest BCUT2D eigenvalue weighted by molar-refractivity contribution is 0.952. The zero-order chi connectivity index (χ0) is 11.5. The number of thioether (sulfide) groups is 1. The van der Waals surface area contributed by atoms with Crippen LogP contribution in [-0.4, -0.2) is 24.2 Å². The Kier molecular flexibility index (Phi) is 5.34. The van der Waals surface area contributed by atoms with Gasteiger partial charge in [-0.2, -0.15) is 0 Å². The van der Waals surface area contributed by atoms with Crippen molar-refractivity contribution >= 4 is 30.0 Å². The summed E-state index contributed by atoms with van der Waals surface area (Å²) in [5, 5.41) is 3.76. The molecular formula is C13H19ClN2S. The maximum Gasteiger partial charge on any atom is 0.110 e. The summed E-state index contributed by atoms with van der Waals surface area (Å²) in [7, 11) is 0. The Hall–Kier alpha value is -0.670. The van der Waals surface area contributed by atoms with Crippen molar-refractivity contribution in [1.82, 2.24) is 5.32 Å². The van der Waals surface area contributed by atoms with E-state index in [0.29, 0.717) is 5.25 Å². The first-order valence-electron chi connectivity index (χ1n) is 5.69. The summed E-state index contributed by atoms with van der Waals surface area (Å²) in [6.45, 7) is 8.48. The Balaban J connectivity index is 0.00000144. The summed E-state index contributed by atoms with van der Waals surface area (Å²) in [6.07, 6.45) is 0. The number of rotatable bonds is 3. The number of nitrogens with one attached hydrogen (secondary N) is 1. The molecule has 0 aromatic heterocycles. The number of hydrogen-bond donors (Lipinski definition) is 1. The van der Waals surface area contributed by atoms with Crippen molar-refractivity contribution < 1.29 is 0 Å². The van der Waals surface area contributed by atoms with E-state index >= 15 is 0 Å². The highest BCUT2D eigenvalue weighted by Crippen LogP contribution is 2.28. The van der Waals surface area contributed by atoms with E-state index in [1.54, 1.807) is 0 Å². The van der Waals surface area contributed by atoms with Crippen LogP contribution in [0.25, 0.3) is 0 Å². The fourth-order valence-electron chi connectivity index (χ4n) is 1.79. The zero-order valence-electron chi connectivity index (χ0n) is 10.5. The van der Waals surface area contributed by atoms with Crippen LogP contribution in [-0.2, 0) is 0 Å². The van der Waals surface area contributed by atoms with E-state index in [4.69, 9.17) is 0 Å². The molecule has 1 aromatic rings. The van der Waals surface area contributed by atoms with Gasteiger partial charge in [0, 0.05) is 11.4 Å². The summed E-state index contributed by atoms with van der Waals surface area (Å²) in [5.41, 5.74) is 2.75. The van der Waals surface area contributed by atoms with E-state index in [1.165, 1.54) is 16.0 Å². The quantitative estimate of drug-likeness (QED) is 0.853. The largest absolute Gasteiger partial charge is 0.371 e. The maximum absolute atomic E-state index is 4.47. The third-order valence-corrected chi connectivity index (χ3v) is 4.22. The van der Waals surface area contributed by atoms with E-state index in [1.807, 2.05) is 11.8 Å². The van der Waals surface area contributed by atoms with Gasteiger partial charge in [-0.15, -0.1) is 24.2 Å². The average molecular weight is 271 g/mol. The number of aliphatic imine (C=N–C) groups is 1. The van der Waals surface area contributed by atoms with Crippen LogP contribution >= 0.6 is 24.2 Å². The summed E-state index contributed by atoms with van der Waals surface area (Å²) < 4.78 is 0. The molecule has 0 fully saturated rings. The molecule has 1 unspecified atom stereocenters. The van der Waals surface area contributed by atoms with E-state index < -0.39 is 0 Å². The molecular weight excluding hydrogens is 252 g/mol. The van der Waals surface area contributed by atoms with Crippen molar-refractivity contribution in [3.05, 3.63) is 29.3 Å². The molecule has 0 saturated heterocycles. The zero-order valence-corrected chi connectivity index (χ0v) is 12.1. The first kappa shape index (κ1) is 14.4. The Labute approximate surface area is 114 Å². The first-order chi connectivity index (χ1) is 7.68. The fourth-order valence-corrected chi connectivity index (χ4v) is 2.93. The van der Waals surface area contributed by atoms with Crippen molar-refractivity contribution in [3.8, 4) is 0 Å². The molecule has 0 radical (unpaired) electrons. The summed E-state index contributed by atoms with van der Waals surface area (Å²) in [6, 6.07) is 6.48. The van der Waals surface area contributed by atoms with E-state index in [-0.39, 0.29) is 12.4 Å². The van der Waals surface area contributed by atoms with Crippen LogP contribution in [0.3, 0.4) is 0 Å². The second-order valence-electron chi connectivity index (χ2n) is 4.15. The topological polar surface area (TPSA) is 24.4 Å². The van der Waals surface area contributed by atoms with Crippen molar-refractivity contribution in [2.24, 2.45) is 4.99 Å². The lowest BCUT2D eigenvalue weighted by Gasteiger charge is -2.14. The van der Waals surface area contributed by atoms with Crippen molar-refractivity contribution in [2.45, 2.75) is 30.9 Å². The monoisotopic (exact) mass is 270 g/mol. The molecule has 17 heavy (non-hydrogen) atoms. The van der Waals surface area contributed by atoms with E-state index in [0.717, 1.165) is 18.9 Å². The number of aryl methyl sites for hydroxylation is 1. The van der Waals surface area contributed by atoms with Gasteiger partial charge in [0.25, 0.3) is 0 Å². The maximum atomic E-state index is 4.47. The summed E-state index contributed by atoms with van der Waals surface area (Å²) >= 11 is 1.89. The third kappa shape index (κ3) is 3.39. The second-order valence-corrected chi connectivity index (χ2v) is 5.53. The molecule has 0 amide bonds. The van der Waals surface area contributed by atoms with Crippen LogP contribution < -0.4 is 5.32 Å². The first-order valence-corrected chi connectivity index (χ1v) is 6.57.